The van der Waals surface area contributed by atoms with Gasteiger partial charge in [-0.25, -0.2) is 13.2 Å². The number of hydrogen-bond acceptors (Lipinski definition) is 4. The SMILES string of the molecule is CCCCN(CNS(=O)(=O)c1ccc(N(C)C)cc1)C(=O)O. The summed E-state index contributed by atoms with van der Waals surface area (Å²) in [6.07, 6.45) is 0.382. The van der Waals surface area contributed by atoms with Crippen LogP contribution in [0.3, 0.4) is 0 Å². The van der Waals surface area contributed by atoms with Gasteiger partial charge in [0.15, 0.2) is 0 Å². The van der Waals surface area contributed by atoms with Crippen LogP contribution in [0.5, 0.6) is 0 Å². The lowest BCUT2D eigenvalue weighted by Crippen LogP contribution is -2.41. The summed E-state index contributed by atoms with van der Waals surface area (Å²) in [6.45, 7) is 1.98. The Kier molecular flexibility index (Phi) is 6.63. The zero-order chi connectivity index (χ0) is 16.8. The largest absolute Gasteiger partial charge is 0.465 e. The second-order valence-corrected chi connectivity index (χ2v) is 6.86. The van der Waals surface area contributed by atoms with E-state index in [0.717, 1.165) is 17.0 Å². The fourth-order valence-corrected chi connectivity index (χ4v) is 2.75. The molecule has 0 heterocycles. The number of anilines is 1. The number of unbranched alkanes of at least 4 members (excludes halogenated alkanes) is 1. The maximum atomic E-state index is 12.2. The first-order valence-corrected chi connectivity index (χ1v) is 8.51. The van der Waals surface area contributed by atoms with Crippen LogP contribution in [0.2, 0.25) is 0 Å². The Morgan fingerprint density at radius 1 is 1.23 bits per heavy atom. The van der Waals surface area contributed by atoms with Crippen LogP contribution in [0.25, 0.3) is 0 Å². The van der Waals surface area contributed by atoms with E-state index in [0.29, 0.717) is 13.0 Å². The molecule has 0 fully saturated rings. The number of sulfonamides is 1. The standard InChI is InChI=1S/C14H23N3O4S/c1-4-5-10-17(14(18)19)11-15-22(20,21)13-8-6-12(7-9-13)16(2)3/h6-9,15H,4-5,10-11H2,1-3H3,(H,18,19). The molecule has 0 spiro atoms. The summed E-state index contributed by atoms with van der Waals surface area (Å²) in [4.78, 5) is 14.1. The molecule has 0 bridgehead atoms. The van der Waals surface area contributed by atoms with Gasteiger partial charge < -0.3 is 10.0 Å². The maximum Gasteiger partial charge on any atom is 0.408 e. The predicted molar refractivity (Wildman–Crippen MR) is 85.6 cm³/mol. The third-order valence-corrected chi connectivity index (χ3v) is 4.56. The van der Waals surface area contributed by atoms with Crippen LogP contribution in [0.15, 0.2) is 29.2 Å². The molecule has 124 valence electrons. The van der Waals surface area contributed by atoms with Gasteiger partial charge >= 0.3 is 6.09 Å². The quantitative estimate of drug-likeness (QED) is 0.709. The fourth-order valence-electron chi connectivity index (χ4n) is 1.76. The van der Waals surface area contributed by atoms with Crippen LogP contribution in [0, 0.1) is 0 Å². The Morgan fingerprint density at radius 3 is 2.27 bits per heavy atom. The average Bonchev–Trinajstić information content (AvgIpc) is 2.47. The highest BCUT2D eigenvalue weighted by molar-refractivity contribution is 7.89. The van der Waals surface area contributed by atoms with Gasteiger partial charge in [0.25, 0.3) is 0 Å². The first-order chi connectivity index (χ1) is 10.3. The second kappa shape index (κ2) is 8.00. The highest BCUT2D eigenvalue weighted by Gasteiger charge is 2.18. The molecule has 0 aliphatic rings. The third-order valence-electron chi connectivity index (χ3n) is 3.16. The van der Waals surface area contributed by atoms with E-state index >= 15 is 0 Å². The third kappa shape index (κ3) is 5.19. The second-order valence-electron chi connectivity index (χ2n) is 5.09. The van der Waals surface area contributed by atoms with Crippen LogP contribution in [-0.2, 0) is 10.0 Å². The molecule has 7 nitrogen and oxygen atoms in total. The highest BCUT2D eigenvalue weighted by Crippen LogP contribution is 2.15. The minimum atomic E-state index is -3.73. The molecule has 0 saturated carbocycles. The molecule has 22 heavy (non-hydrogen) atoms. The molecule has 0 aliphatic heterocycles. The number of rotatable bonds is 8. The van der Waals surface area contributed by atoms with Gasteiger partial charge in [-0.3, -0.25) is 4.90 Å². The average molecular weight is 329 g/mol. The Morgan fingerprint density at radius 2 is 1.82 bits per heavy atom. The minimum Gasteiger partial charge on any atom is -0.465 e. The zero-order valence-electron chi connectivity index (χ0n) is 13.1. The van der Waals surface area contributed by atoms with Crippen LogP contribution in [0.4, 0.5) is 10.5 Å². The first-order valence-electron chi connectivity index (χ1n) is 7.03. The van der Waals surface area contributed by atoms with Gasteiger partial charge in [-0.1, -0.05) is 13.3 Å². The summed E-state index contributed by atoms with van der Waals surface area (Å²) in [5.74, 6) is 0. The van der Waals surface area contributed by atoms with Crippen LogP contribution in [-0.4, -0.2) is 51.8 Å². The van der Waals surface area contributed by atoms with E-state index in [1.54, 1.807) is 12.1 Å². The maximum absolute atomic E-state index is 12.2. The molecular formula is C14H23N3O4S. The van der Waals surface area contributed by atoms with Gasteiger partial charge in [0.05, 0.1) is 11.6 Å². The molecule has 1 aromatic rings. The number of carboxylic acid groups (broad SMARTS) is 1. The number of hydrogen-bond donors (Lipinski definition) is 2. The fraction of sp³-hybridized carbons (Fsp3) is 0.500. The molecule has 0 atom stereocenters. The summed E-state index contributed by atoms with van der Waals surface area (Å²) in [6, 6.07) is 6.38. The van der Waals surface area contributed by atoms with Crippen molar-refractivity contribution in [3.63, 3.8) is 0 Å². The molecule has 1 rings (SSSR count). The van der Waals surface area contributed by atoms with Gasteiger partial charge in [0.1, 0.15) is 0 Å². The van der Waals surface area contributed by atoms with Gasteiger partial charge in [-0.05, 0) is 30.7 Å². The van der Waals surface area contributed by atoms with Gasteiger partial charge in [0, 0.05) is 26.3 Å². The van der Waals surface area contributed by atoms with Crippen molar-refractivity contribution in [3.8, 4) is 0 Å². The molecule has 0 aromatic heterocycles. The lowest BCUT2D eigenvalue weighted by atomic mass is 10.3. The summed E-state index contributed by atoms with van der Waals surface area (Å²) in [7, 11) is -0.00721. The molecule has 1 aromatic carbocycles. The summed E-state index contributed by atoms with van der Waals surface area (Å²) in [5, 5.41) is 9.05. The molecule has 0 radical (unpaired) electrons. The van der Waals surface area contributed by atoms with Crippen molar-refractivity contribution in [1.82, 2.24) is 9.62 Å². The Balaban J connectivity index is 2.75. The lowest BCUT2D eigenvalue weighted by Gasteiger charge is -2.19. The Labute approximate surface area is 131 Å². The van der Waals surface area contributed by atoms with Crippen molar-refractivity contribution in [2.24, 2.45) is 0 Å². The van der Waals surface area contributed by atoms with Crippen LogP contribution in [0.1, 0.15) is 19.8 Å². The number of nitrogens with zero attached hydrogens (tertiary/aromatic N) is 2. The van der Waals surface area contributed by atoms with Gasteiger partial charge in [-0.2, -0.15) is 4.72 Å². The number of carbonyl (C=O) groups is 1. The normalized spacial score (nSPS) is 11.2. The van der Waals surface area contributed by atoms with Crippen molar-refractivity contribution in [3.05, 3.63) is 24.3 Å². The van der Waals surface area contributed by atoms with E-state index in [2.05, 4.69) is 4.72 Å². The van der Waals surface area contributed by atoms with Crippen LogP contribution >= 0.6 is 0 Å². The van der Waals surface area contributed by atoms with Crippen LogP contribution < -0.4 is 9.62 Å². The first kappa shape index (κ1) is 18.2. The van der Waals surface area contributed by atoms with Crippen molar-refractivity contribution < 1.29 is 18.3 Å². The topological polar surface area (TPSA) is 90.0 Å². The lowest BCUT2D eigenvalue weighted by molar-refractivity contribution is 0.144. The summed E-state index contributed by atoms with van der Waals surface area (Å²) in [5.41, 5.74) is 0.883. The summed E-state index contributed by atoms with van der Waals surface area (Å²) >= 11 is 0. The van der Waals surface area contributed by atoms with Gasteiger partial charge in [0.2, 0.25) is 10.0 Å². The van der Waals surface area contributed by atoms with Crippen molar-refractivity contribution in [1.29, 1.82) is 0 Å². The molecule has 0 saturated heterocycles. The van der Waals surface area contributed by atoms with E-state index in [-0.39, 0.29) is 11.6 Å². The molecular weight excluding hydrogens is 306 g/mol. The van der Waals surface area contributed by atoms with Crippen molar-refractivity contribution >= 4 is 21.8 Å². The minimum absolute atomic E-state index is 0.110. The van der Waals surface area contributed by atoms with Crippen molar-refractivity contribution in [2.45, 2.75) is 24.7 Å². The number of nitrogens with one attached hydrogen (secondary N) is 1. The molecule has 0 unspecified atom stereocenters. The monoisotopic (exact) mass is 329 g/mol. The summed E-state index contributed by atoms with van der Waals surface area (Å²) < 4.78 is 26.7. The Bertz CT molecular complexity index is 585. The number of amides is 1. The predicted octanol–water partition coefficient (Wildman–Crippen LogP) is 1.77. The van der Waals surface area contributed by atoms with E-state index in [9.17, 15) is 13.2 Å². The van der Waals surface area contributed by atoms with Crippen molar-refractivity contribution in [2.75, 3.05) is 32.2 Å². The van der Waals surface area contributed by atoms with E-state index < -0.39 is 16.1 Å². The highest BCUT2D eigenvalue weighted by atomic mass is 32.2. The number of benzene rings is 1. The smallest absolute Gasteiger partial charge is 0.408 e. The molecule has 0 aliphatic carbocycles. The molecule has 1 amide bonds. The van der Waals surface area contributed by atoms with E-state index in [4.69, 9.17) is 5.11 Å². The van der Waals surface area contributed by atoms with E-state index in [1.165, 1.54) is 12.1 Å². The molecule has 8 heteroatoms. The van der Waals surface area contributed by atoms with Gasteiger partial charge in [-0.15, -0.1) is 0 Å². The van der Waals surface area contributed by atoms with E-state index in [1.807, 2.05) is 25.9 Å². The Hall–Kier alpha value is -1.80. The zero-order valence-corrected chi connectivity index (χ0v) is 13.9. The molecule has 2 N–H and O–H groups in total.